The number of nitrogens with one attached hydrogen (secondary N) is 1. The van der Waals surface area contributed by atoms with Gasteiger partial charge in [0.2, 0.25) is 26.0 Å². The molecular formula is C15H25N3O5S2. The van der Waals surface area contributed by atoms with Crippen molar-refractivity contribution in [3.63, 3.8) is 0 Å². The van der Waals surface area contributed by atoms with Crippen LogP contribution in [-0.2, 0) is 31.3 Å². The molecule has 142 valence electrons. The van der Waals surface area contributed by atoms with Crippen LogP contribution < -0.4 is 10.5 Å². The highest BCUT2D eigenvalue weighted by atomic mass is 32.2. The second kappa shape index (κ2) is 9.27. The molecule has 0 atom stereocenters. The molecule has 3 N–H and O–H groups in total. The Balaban J connectivity index is 2.69. The zero-order valence-electron chi connectivity index (χ0n) is 14.4. The number of primary sulfonamides is 1. The lowest BCUT2D eigenvalue weighted by atomic mass is 10.1. The first kappa shape index (κ1) is 21.6. The van der Waals surface area contributed by atoms with E-state index in [-0.39, 0.29) is 23.9 Å². The van der Waals surface area contributed by atoms with Gasteiger partial charge < -0.3 is 5.32 Å². The van der Waals surface area contributed by atoms with Crippen molar-refractivity contribution in [3.05, 3.63) is 29.8 Å². The highest BCUT2D eigenvalue weighted by Crippen LogP contribution is 2.10. The molecule has 0 saturated carbocycles. The van der Waals surface area contributed by atoms with Gasteiger partial charge in [-0.05, 0) is 30.5 Å². The number of nitrogens with two attached hydrogens (primary N) is 1. The molecule has 0 aromatic heterocycles. The van der Waals surface area contributed by atoms with Crippen LogP contribution in [-0.4, -0.2) is 52.9 Å². The molecule has 0 radical (unpaired) electrons. The fraction of sp³-hybridized carbons (Fsp3) is 0.533. The van der Waals surface area contributed by atoms with Crippen LogP contribution in [0.5, 0.6) is 0 Å². The minimum Gasteiger partial charge on any atom is -0.355 e. The zero-order valence-corrected chi connectivity index (χ0v) is 16.1. The zero-order chi connectivity index (χ0) is 19.1. The van der Waals surface area contributed by atoms with Gasteiger partial charge in [-0.2, -0.15) is 4.31 Å². The molecule has 0 aliphatic carbocycles. The topological polar surface area (TPSA) is 127 Å². The maximum Gasteiger partial charge on any atom is 0.238 e. The molecular weight excluding hydrogens is 366 g/mol. The Morgan fingerprint density at radius 3 is 2.24 bits per heavy atom. The summed E-state index contributed by atoms with van der Waals surface area (Å²) in [4.78, 5) is 11.8. The van der Waals surface area contributed by atoms with E-state index in [9.17, 15) is 21.6 Å². The van der Waals surface area contributed by atoms with E-state index >= 15 is 0 Å². The third-order valence-electron chi connectivity index (χ3n) is 3.54. The van der Waals surface area contributed by atoms with Gasteiger partial charge in [0, 0.05) is 13.1 Å². The lowest BCUT2D eigenvalue weighted by molar-refractivity contribution is -0.121. The number of nitrogens with zero attached hydrogens (tertiary/aromatic N) is 1. The van der Waals surface area contributed by atoms with E-state index < -0.39 is 20.0 Å². The monoisotopic (exact) mass is 391 g/mol. The molecule has 0 aliphatic heterocycles. The van der Waals surface area contributed by atoms with Crippen molar-refractivity contribution < 1.29 is 21.6 Å². The molecule has 8 nitrogen and oxygen atoms in total. The van der Waals surface area contributed by atoms with E-state index in [4.69, 9.17) is 5.14 Å². The first-order chi connectivity index (χ1) is 11.5. The van der Waals surface area contributed by atoms with Crippen molar-refractivity contribution in [3.8, 4) is 0 Å². The molecule has 1 aromatic carbocycles. The predicted octanol–water partition coefficient (Wildman–Crippen LogP) is 0.0544. The van der Waals surface area contributed by atoms with Crippen LogP contribution in [0.2, 0.25) is 0 Å². The first-order valence-electron chi connectivity index (χ1n) is 7.87. The Hall–Kier alpha value is -1.49. The number of hydrogen-bond donors (Lipinski definition) is 2. The van der Waals surface area contributed by atoms with E-state index in [1.165, 1.54) is 12.1 Å². The molecule has 0 unspecified atom stereocenters. The van der Waals surface area contributed by atoms with Crippen molar-refractivity contribution in [2.24, 2.45) is 5.14 Å². The van der Waals surface area contributed by atoms with Crippen molar-refractivity contribution in [2.45, 2.75) is 31.1 Å². The van der Waals surface area contributed by atoms with E-state index in [0.29, 0.717) is 13.0 Å². The fourth-order valence-corrected chi connectivity index (χ4v) is 3.37. The van der Waals surface area contributed by atoms with Crippen LogP contribution in [0.25, 0.3) is 0 Å². The van der Waals surface area contributed by atoms with Gasteiger partial charge in [0.05, 0.1) is 17.7 Å². The molecule has 0 aliphatic rings. The summed E-state index contributed by atoms with van der Waals surface area (Å²) in [7, 11) is -7.30. The van der Waals surface area contributed by atoms with Crippen molar-refractivity contribution in [2.75, 3.05) is 25.9 Å². The summed E-state index contributed by atoms with van der Waals surface area (Å²) in [5.41, 5.74) is 0.743. The average molecular weight is 392 g/mol. The molecule has 0 fully saturated rings. The van der Waals surface area contributed by atoms with Crippen LogP contribution in [0.4, 0.5) is 0 Å². The molecule has 0 heterocycles. The SMILES string of the molecule is CCCCNC(=O)CN(CCc1ccc(S(N)(=O)=O)cc1)S(C)(=O)=O. The Morgan fingerprint density at radius 1 is 1.16 bits per heavy atom. The van der Waals surface area contributed by atoms with Gasteiger partial charge in [0.1, 0.15) is 0 Å². The fourth-order valence-electron chi connectivity index (χ4n) is 2.08. The van der Waals surface area contributed by atoms with Crippen LogP contribution >= 0.6 is 0 Å². The summed E-state index contributed by atoms with van der Waals surface area (Å²) in [6.45, 7) is 2.39. The normalized spacial score (nSPS) is 12.3. The van der Waals surface area contributed by atoms with Crippen molar-refractivity contribution >= 4 is 26.0 Å². The summed E-state index contributed by atoms with van der Waals surface area (Å²) < 4.78 is 47.2. The van der Waals surface area contributed by atoms with E-state index in [2.05, 4.69) is 5.32 Å². The molecule has 10 heteroatoms. The number of unbranched alkanes of at least 4 members (excludes halogenated alkanes) is 1. The van der Waals surface area contributed by atoms with Crippen molar-refractivity contribution in [1.82, 2.24) is 9.62 Å². The second-order valence-electron chi connectivity index (χ2n) is 5.74. The Kier molecular flexibility index (Phi) is 8.00. The molecule has 1 aromatic rings. The van der Waals surface area contributed by atoms with Crippen LogP contribution in [0.15, 0.2) is 29.2 Å². The second-order valence-corrected chi connectivity index (χ2v) is 9.28. The summed E-state index contributed by atoms with van der Waals surface area (Å²) in [6.07, 6.45) is 3.17. The number of hydrogen-bond acceptors (Lipinski definition) is 5. The summed E-state index contributed by atoms with van der Waals surface area (Å²) >= 11 is 0. The van der Waals surface area contributed by atoms with E-state index in [0.717, 1.165) is 29.0 Å². The van der Waals surface area contributed by atoms with Gasteiger partial charge in [0.25, 0.3) is 0 Å². The maximum atomic E-state index is 11.9. The number of carbonyl (C=O) groups is 1. The van der Waals surface area contributed by atoms with Gasteiger partial charge in [-0.3, -0.25) is 4.79 Å². The Bertz CT molecular complexity index is 774. The van der Waals surface area contributed by atoms with Crippen molar-refractivity contribution in [1.29, 1.82) is 0 Å². The Labute approximate surface area is 149 Å². The lowest BCUT2D eigenvalue weighted by Crippen LogP contribution is -2.41. The molecule has 0 bridgehead atoms. The van der Waals surface area contributed by atoms with Gasteiger partial charge in [0.15, 0.2) is 0 Å². The molecule has 1 amide bonds. The smallest absolute Gasteiger partial charge is 0.238 e. The van der Waals surface area contributed by atoms with Gasteiger partial charge >= 0.3 is 0 Å². The quantitative estimate of drug-likeness (QED) is 0.545. The van der Waals surface area contributed by atoms with Crippen LogP contribution in [0, 0.1) is 0 Å². The first-order valence-corrected chi connectivity index (χ1v) is 11.3. The Morgan fingerprint density at radius 2 is 1.76 bits per heavy atom. The number of amides is 1. The molecule has 1 rings (SSSR count). The van der Waals surface area contributed by atoms with Gasteiger partial charge in [-0.15, -0.1) is 0 Å². The van der Waals surface area contributed by atoms with Crippen LogP contribution in [0.1, 0.15) is 25.3 Å². The predicted molar refractivity (Wildman–Crippen MR) is 95.9 cm³/mol. The minimum atomic E-state index is -3.76. The average Bonchev–Trinajstić information content (AvgIpc) is 2.50. The highest BCUT2D eigenvalue weighted by molar-refractivity contribution is 7.89. The molecule has 0 spiro atoms. The summed E-state index contributed by atoms with van der Waals surface area (Å²) in [6, 6.07) is 5.88. The van der Waals surface area contributed by atoms with Crippen LogP contribution in [0.3, 0.4) is 0 Å². The van der Waals surface area contributed by atoms with E-state index in [1.807, 2.05) is 6.92 Å². The third kappa shape index (κ3) is 7.95. The van der Waals surface area contributed by atoms with E-state index in [1.54, 1.807) is 12.1 Å². The largest absolute Gasteiger partial charge is 0.355 e. The standard InChI is InChI=1S/C15H25N3O5S2/c1-3-4-10-17-15(19)12-18(24(2,20)21)11-9-13-5-7-14(8-6-13)25(16,22)23/h5-8H,3-4,9-12H2,1-2H3,(H,17,19)(H2,16,22,23). The number of sulfonamides is 2. The maximum absolute atomic E-state index is 11.9. The van der Waals surface area contributed by atoms with Gasteiger partial charge in [-0.25, -0.2) is 22.0 Å². The lowest BCUT2D eigenvalue weighted by Gasteiger charge is -2.19. The minimum absolute atomic E-state index is 0.00785. The number of carbonyl (C=O) groups excluding carboxylic acids is 1. The number of rotatable bonds is 10. The summed E-state index contributed by atoms with van der Waals surface area (Å²) in [5.74, 6) is -0.344. The highest BCUT2D eigenvalue weighted by Gasteiger charge is 2.19. The number of benzene rings is 1. The summed E-state index contributed by atoms with van der Waals surface area (Å²) in [5, 5.41) is 7.71. The third-order valence-corrected chi connectivity index (χ3v) is 5.72. The molecule has 0 saturated heterocycles. The molecule has 25 heavy (non-hydrogen) atoms. The van der Waals surface area contributed by atoms with Gasteiger partial charge in [-0.1, -0.05) is 25.5 Å².